The molecule has 0 spiro atoms. The fourth-order valence-corrected chi connectivity index (χ4v) is 1.82. The van der Waals surface area contributed by atoms with E-state index in [0.717, 1.165) is 0 Å². The molecule has 0 unspecified atom stereocenters. The number of carbonyl (C=O) groups is 1. The van der Waals surface area contributed by atoms with E-state index in [1.54, 1.807) is 6.07 Å². The van der Waals surface area contributed by atoms with E-state index in [4.69, 9.17) is 28.5 Å². The van der Waals surface area contributed by atoms with Crippen molar-refractivity contribution in [3.05, 3.63) is 33.8 Å². The first-order chi connectivity index (χ1) is 6.88. The van der Waals surface area contributed by atoms with E-state index in [9.17, 15) is 4.79 Å². The Labute approximate surface area is 113 Å². The van der Waals surface area contributed by atoms with Gasteiger partial charge in [-0.2, -0.15) is 5.26 Å². The first-order valence-electron chi connectivity index (χ1n) is 3.67. The number of ketones is 1. The van der Waals surface area contributed by atoms with Crippen LogP contribution in [0.3, 0.4) is 0 Å². The van der Waals surface area contributed by atoms with E-state index in [0.29, 0.717) is 5.02 Å². The second kappa shape index (κ2) is 4.84. The third-order valence-corrected chi connectivity index (χ3v) is 3.22. The van der Waals surface area contributed by atoms with Gasteiger partial charge in [0, 0.05) is 10.6 Å². The molecule has 0 heterocycles. The summed E-state index contributed by atoms with van der Waals surface area (Å²) in [5.41, 5.74) is 0.233. The third-order valence-electron chi connectivity index (χ3n) is 1.60. The molecule has 0 radical (unpaired) electrons. The van der Waals surface area contributed by atoms with Gasteiger partial charge in [0.2, 0.25) is 9.02 Å². The first-order valence-corrected chi connectivity index (χ1v) is 6.01. The van der Waals surface area contributed by atoms with E-state index < -0.39 is 9.02 Å². The number of rotatable bonds is 2. The lowest BCUT2D eigenvalue weighted by Crippen LogP contribution is -2.22. The molecular weight excluding hydrogens is 369 g/mol. The lowest BCUT2D eigenvalue weighted by molar-refractivity contribution is 0.0997. The Kier molecular flexibility index (Phi) is 4.19. The summed E-state index contributed by atoms with van der Waals surface area (Å²) in [5.74, 6) is -0.466. The predicted octanol–water partition coefficient (Wildman–Crippen LogP) is 4.19. The summed E-state index contributed by atoms with van der Waals surface area (Å²) < 4.78 is -1.45. The van der Waals surface area contributed by atoms with E-state index >= 15 is 0 Å². The standard InChI is InChI=1S/C9H3Br2Cl2NO/c10-9(11,4-14)8(15)6-2-1-5(12)3-7(6)13/h1-3H. The van der Waals surface area contributed by atoms with Crippen LogP contribution in [0, 0.1) is 11.3 Å². The predicted molar refractivity (Wildman–Crippen MR) is 67.0 cm³/mol. The second-order valence-corrected chi connectivity index (χ2v) is 6.93. The van der Waals surface area contributed by atoms with Crippen LogP contribution in [0.1, 0.15) is 10.4 Å². The summed E-state index contributed by atoms with van der Waals surface area (Å²) in [7, 11) is 0. The van der Waals surface area contributed by atoms with Crippen LogP contribution in [0.25, 0.3) is 0 Å². The molecule has 0 saturated heterocycles. The highest BCUT2D eigenvalue weighted by Gasteiger charge is 2.34. The van der Waals surface area contributed by atoms with Crippen molar-refractivity contribution in [3.8, 4) is 6.07 Å². The number of nitrogens with zero attached hydrogens (tertiary/aromatic N) is 1. The highest BCUT2D eigenvalue weighted by molar-refractivity contribution is 9.26. The second-order valence-electron chi connectivity index (χ2n) is 2.64. The topological polar surface area (TPSA) is 40.9 Å². The fraction of sp³-hybridized carbons (Fsp3) is 0.111. The fourth-order valence-electron chi connectivity index (χ4n) is 0.894. The Morgan fingerprint density at radius 3 is 2.47 bits per heavy atom. The van der Waals surface area contributed by atoms with Gasteiger partial charge in [0.05, 0.1) is 5.02 Å². The minimum atomic E-state index is -1.45. The van der Waals surface area contributed by atoms with Gasteiger partial charge in [-0.25, -0.2) is 0 Å². The summed E-state index contributed by atoms with van der Waals surface area (Å²) in [6.07, 6.45) is 0. The number of Topliss-reactive ketones (excluding diaryl/α,β-unsaturated/α-hetero) is 1. The molecule has 0 atom stereocenters. The largest absolute Gasteiger partial charge is 0.290 e. The Bertz CT molecular complexity index is 454. The highest BCUT2D eigenvalue weighted by atomic mass is 79.9. The number of carbonyl (C=O) groups excluding carboxylic acids is 1. The maximum Gasteiger partial charge on any atom is 0.228 e. The smallest absolute Gasteiger partial charge is 0.228 e. The normalized spacial score (nSPS) is 10.9. The highest BCUT2D eigenvalue weighted by Crippen LogP contribution is 2.33. The van der Waals surface area contributed by atoms with E-state index in [1.807, 2.05) is 0 Å². The third kappa shape index (κ3) is 2.94. The molecule has 0 N–H and O–H groups in total. The van der Waals surface area contributed by atoms with Crippen molar-refractivity contribution in [3.63, 3.8) is 0 Å². The van der Waals surface area contributed by atoms with Crippen molar-refractivity contribution in [2.75, 3.05) is 0 Å². The lowest BCUT2D eigenvalue weighted by Gasteiger charge is -2.10. The number of hydrogen-bond donors (Lipinski definition) is 0. The monoisotopic (exact) mass is 369 g/mol. The van der Waals surface area contributed by atoms with Crippen LogP contribution in [0.2, 0.25) is 10.0 Å². The molecule has 0 amide bonds. The van der Waals surface area contributed by atoms with Crippen LogP contribution in [0.5, 0.6) is 0 Å². The summed E-state index contributed by atoms with van der Waals surface area (Å²) in [5, 5.41) is 9.38. The van der Waals surface area contributed by atoms with E-state index in [2.05, 4.69) is 31.9 Å². The Hall–Kier alpha value is -0.0800. The minimum absolute atomic E-state index is 0.214. The molecule has 6 heteroatoms. The molecule has 1 aromatic rings. The molecule has 0 bridgehead atoms. The van der Waals surface area contributed by atoms with Gasteiger partial charge in [-0.1, -0.05) is 23.2 Å². The SMILES string of the molecule is N#CC(Br)(Br)C(=O)c1ccc(Cl)cc1Cl. The average Bonchev–Trinajstić information content (AvgIpc) is 2.17. The van der Waals surface area contributed by atoms with Gasteiger partial charge in [-0.05, 0) is 50.1 Å². The van der Waals surface area contributed by atoms with Crippen molar-refractivity contribution in [2.45, 2.75) is 3.23 Å². The van der Waals surface area contributed by atoms with Gasteiger partial charge in [0.25, 0.3) is 0 Å². The summed E-state index contributed by atoms with van der Waals surface area (Å²) in [6.45, 7) is 0. The van der Waals surface area contributed by atoms with E-state index in [1.165, 1.54) is 18.2 Å². The average molecular weight is 372 g/mol. The summed E-state index contributed by atoms with van der Waals surface area (Å²) in [4.78, 5) is 11.8. The maximum absolute atomic E-state index is 11.8. The number of alkyl halides is 2. The van der Waals surface area contributed by atoms with Gasteiger partial charge >= 0.3 is 0 Å². The molecular formula is C9H3Br2Cl2NO. The van der Waals surface area contributed by atoms with Crippen LogP contribution in [0.15, 0.2) is 18.2 Å². The van der Waals surface area contributed by atoms with Crippen molar-refractivity contribution >= 4 is 60.8 Å². The molecule has 0 aliphatic rings. The number of nitriles is 1. The van der Waals surface area contributed by atoms with Crippen LogP contribution >= 0.6 is 55.1 Å². The molecule has 15 heavy (non-hydrogen) atoms. The maximum atomic E-state index is 11.8. The zero-order chi connectivity index (χ0) is 11.6. The zero-order valence-electron chi connectivity index (χ0n) is 7.10. The van der Waals surface area contributed by atoms with Gasteiger partial charge in [0.1, 0.15) is 6.07 Å². The first kappa shape index (κ1) is 13.0. The Morgan fingerprint density at radius 1 is 1.40 bits per heavy atom. The number of benzene rings is 1. The molecule has 1 rings (SSSR count). The zero-order valence-corrected chi connectivity index (χ0v) is 11.8. The minimum Gasteiger partial charge on any atom is -0.290 e. The molecule has 1 aromatic carbocycles. The van der Waals surface area contributed by atoms with Crippen molar-refractivity contribution in [2.24, 2.45) is 0 Å². The van der Waals surface area contributed by atoms with Crippen molar-refractivity contribution < 1.29 is 4.79 Å². The van der Waals surface area contributed by atoms with Crippen LogP contribution in [0.4, 0.5) is 0 Å². The van der Waals surface area contributed by atoms with E-state index in [-0.39, 0.29) is 10.6 Å². The summed E-state index contributed by atoms with van der Waals surface area (Å²) >= 11 is 17.4. The van der Waals surface area contributed by atoms with Gasteiger partial charge in [0.15, 0.2) is 0 Å². The quantitative estimate of drug-likeness (QED) is 0.578. The van der Waals surface area contributed by atoms with Crippen LogP contribution in [-0.2, 0) is 0 Å². The Balaban J connectivity index is 3.20. The molecule has 78 valence electrons. The molecule has 0 saturated carbocycles. The Morgan fingerprint density at radius 2 is 2.00 bits per heavy atom. The molecule has 0 aromatic heterocycles. The van der Waals surface area contributed by atoms with Crippen molar-refractivity contribution in [1.29, 1.82) is 5.26 Å². The van der Waals surface area contributed by atoms with Gasteiger partial charge in [-0.3, -0.25) is 4.79 Å². The van der Waals surface area contributed by atoms with Gasteiger partial charge in [-0.15, -0.1) is 0 Å². The molecule has 2 nitrogen and oxygen atoms in total. The molecule has 0 fully saturated rings. The van der Waals surface area contributed by atoms with Gasteiger partial charge < -0.3 is 0 Å². The molecule has 0 aliphatic carbocycles. The van der Waals surface area contributed by atoms with Crippen LogP contribution < -0.4 is 0 Å². The lowest BCUT2D eigenvalue weighted by atomic mass is 10.1. The van der Waals surface area contributed by atoms with Crippen molar-refractivity contribution in [1.82, 2.24) is 0 Å². The summed E-state index contributed by atoms with van der Waals surface area (Å²) in [6, 6.07) is 6.23. The number of hydrogen-bond acceptors (Lipinski definition) is 2. The molecule has 0 aliphatic heterocycles. The number of halogens is 4. The van der Waals surface area contributed by atoms with Crippen LogP contribution in [-0.4, -0.2) is 9.02 Å².